The number of rotatable bonds is 3. The third kappa shape index (κ3) is 3.12. The molecular weight excluding hydrogens is 169 g/mol. The lowest BCUT2D eigenvalue weighted by Gasteiger charge is -2.04. The van der Waals surface area contributed by atoms with Crippen LogP contribution < -0.4 is 4.74 Å². The van der Waals surface area contributed by atoms with E-state index in [2.05, 4.69) is 4.85 Å². The molecule has 2 nitrogen and oxygen atoms in total. The Morgan fingerprint density at radius 3 is 2.62 bits per heavy atom. The van der Waals surface area contributed by atoms with E-state index >= 15 is 0 Å². The van der Waals surface area contributed by atoms with Crippen molar-refractivity contribution in [3.05, 3.63) is 41.5 Å². The van der Waals surface area contributed by atoms with Gasteiger partial charge >= 0.3 is 0 Å². The zero-order valence-electron chi connectivity index (χ0n) is 7.33. The van der Waals surface area contributed by atoms with Crippen LogP contribution in [0.3, 0.4) is 0 Å². The van der Waals surface area contributed by atoms with Gasteiger partial charge in [0.05, 0.1) is 0 Å². The summed E-state index contributed by atoms with van der Waals surface area (Å²) in [6, 6.07) is 5.60. The van der Waals surface area contributed by atoms with E-state index in [-0.39, 0.29) is 11.9 Å². The van der Waals surface area contributed by atoms with Crippen molar-refractivity contribution in [2.24, 2.45) is 0 Å². The summed E-state index contributed by atoms with van der Waals surface area (Å²) in [5.41, 5.74) is 0. The number of hydrogen-bond acceptors (Lipinski definition) is 1. The van der Waals surface area contributed by atoms with Gasteiger partial charge in [-0.15, -0.1) is 0 Å². The number of hydrogen-bond donors (Lipinski definition) is 0. The van der Waals surface area contributed by atoms with Gasteiger partial charge < -0.3 is 9.58 Å². The van der Waals surface area contributed by atoms with Crippen molar-refractivity contribution in [2.45, 2.75) is 13.0 Å². The highest BCUT2D eigenvalue weighted by atomic mass is 19.1. The van der Waals surface area contributed by atoms with Crippen molar-refractivity contribution in [3.63, 3.8) is 0 Å². The van der Waals surface area contributed by atoms with Gasteiger partial charge in [0.2, 0.25) is 0 Å². The number of halogens is 1. The summed E-state index contributed by atoms with van der Waals surface area (Å²) in [4.78, 5) is 3.27. The van der Waals surface area contributed by atoms with Crippen LogP contribution in [-0.2, 0) is 0 Å². The number of ether oxygens (including phenoxy) is 1. The second-order valence-corrected chi connectivity index (χ2v) is 2.74. The molecule has 1 aromatic rings. The van der Waals surface area contributed by atoms with Gasteiger partial charge in [-0.1, -0.05) is 0 Å². The zero-order chi connectivity index (χ0) is 9.68. The first-order valence-corrected chi connectivity index (χ1v) is 3.97. The molecule has 68 valence electrons. The Labute approximate surface area is 76.8 Å². The molecular formula is C10H10FNO. The fourth-order valence-electron chi connectivity index (χ4n) is 0.785. The maximum Gasteiger partial charge on any atom is 0.254 e. The molecule has 1 aromatic carbocycles. The Morgan fingerprint density at radius 2 is 2.08 bits per heavy atom. The van der Waals surface area contributed by atoms with Crippen molar-refractivity contribution >= 4 is 0 Å². The van der Waals surface area contributed by atoms with Crippen LogP contribution in [0.25, 0.3) is 4.85 Å². The van der Waals surface area contributed by atoms with E-state index in [1.807, 2.05) is 0 Å². The third-order valence-corrected chi connectivity index (χ3v) is 1.53. The fraction of sp³-hybridized carbons (Fsp3) is 0.300. The summed E-state index contributed by atoms with van der Waals surface area (Å²) in [6.07, 6.45) is 0. The van der Waals surface area contributed by atoms with Crippen molar-refractivity contribution in [2.75, 3.05) is 6.61 Å². The molecule has 0 aliphatic rings. The van der Waals surface area contributed by atoms with Crippen LogP contribution in [0, 0.1) is 12.4 Å². The molecule has 1 atom stereocenters. The van der Waals surface area contributed by atoms with E-state index in [1.54, 1.807) is 19.1 Å². The molecule has 0 heterocycles. The monoisotopic (exact) mass is 179 g/mol. The van der Waals surface area contributed by atoms with Crippen LogP contribution in [0.4, 0.5) is 4.39 Å². The van der Waals surface area contributed by atoms with Gasteiger partial charge in [0.1, 0.15) is 11.6 Å². The molecule has 0 aromatic heterocycles. The fourth-order valence-corrected chi connectivity index (χ4v) is 0.785. The Kier molecular flexibility index (Phi) is 3.27. The third-order valence-electron chi connectivity index (χ3n) is 1.53. The predicted octanol–water partition coefficient (Wildman–Crippen LogP) is 2.51. The topological polar surface area (TPSA) is 13.6 Å². The normalized spacial score (nSPS) is 11.8. The molecule has 0 saturated carbocycles. The van der Waals surface area contributed by atoms with Crippen molar-refractivity contribution in [1.82, 2.24) is 0 Å². The maximum absolute atomic E-state index is 12.4. The molecule has 0 N–H and O–H groups in total. The standard InChI is InChI=1S/C10H10FNO/c1-8(12-2)7-13-10-5-3-9(11)4-6-10/h3-6,8H,7H2,1H3. The van der Waals surface area contributed by atoms with Gasteiger partial charge in [-0.3, -0.25) is 0 Å². The van der Waals surface area contributed by atoms with Crippen LogP contribution in [0.2, 0.25) is 0 Å². The first-order valence-electron chi connectivity index (χ1n) is 3.97. The Balaban J connectivity index is 2.47. The smallest absolute Gasteiger partial charge is 0.254 e. The summed E-state index contributed by atoms with van der Waals surface area (Å²) in [6.45, 7) is 8.81. The minimum absolute atomic E-state index is 0.162. The molecule has 1 unspecified atom stereocenters. The van der Waals surface area contributed by atoms with E-state index < -0.39 is 0 Å². The minimum atomic E-state index is -0.287. The molecule has 0 bridgehead atoms. The molecule has 0 spiro atoms. The van der Waals surface area contributed by atoms with Crippen LogP contribution in [0.15, 0.2) is 24.3 Å². The second-order valence-electron chi connectivity index (χ2n) is 2.74. The zero-order valence-corrected chi connectivity index (χ0v) is 7.33. The van der Waals surface area contributed by atoms with E-state index in [1.165, 1.54) is 12.1 Å². The SMILES string of the molecule is [C-]#[N+]C(C)COc1ccc(F)cc1. The highest BCUT2D eigenvalue weighted by Crippen LogP contribution is 2.11. The first kappa shape index (κ1) is 9.53. The largest absolute Gasteiger partial charge is 0.485 e. The second kappa shape index (κ2) is 4.46. The Hall–Kier alpha value is -1.56. The number of nitrogens with zero attached hydrogens (tertiary/aromatic N) is 1. The summed E-state index contributed by atoms with van der Waals surface area (Å²) in [5.74, 6) is 0.308. The van der Waals surface area contributed by atoms with Crippen molar-refractivity contribution in [3.8, 4) is 5.75 Å². The summed E-state index contributed by atoms with van der Waals surface area (Å²) in [5, 5.41) is 0. The molecule has 0 radical (unpaired) electrons. The molecule has 0 fully saturated rings. The van der Waals surface area contributed by atoms with E-state index in [0.717, 1.165) is 0 Å². The lowest BCUT2D eigenvalue weighted by atomic mass is 10.3. The molecule has 1 rings (SSSR count). The summed E-state index contributed by atoms with van der Waals surface area (Å²) < 4.78 is 17.7. The molecule has 0 saturated heterocycles. The van der Waals surface area contributed by atoms with E-state index in [0.29, 0.717) is 12.4 Å². The molecule has 3 heteroatoms. The van der Waals surface area contributed by atoms with Crippen LogP contribution in [0.5, 0.6) is 5.75 Å². The maximum atomic E-state index is 12.4. The Morgan fingerprint density at radius 1 is 1.46 bits per heavy atom. The summed E-state index contributed by atoms with van der Waals surface area (Å²) in [7, 11) is 0. The van der Waals surface area contributed by atoms with Gasteiger partial charge in [-0.2, -0.15) is 0 Å². The molecule has 0 amide bonds. The van der Waals surface area contributed by atoms with Crippen molar-refractivity contribution in [1.29, 1.82) is 0 Å². The van der Waals surface area contributed by atoms with Gasteiger partial charge in [0.25, 0.3) is 6.04 Å². The number of benzene rings is 1. The average molecular weight is 179 g/mol. The Bertz CT molecular complexity index is 302. The minimum Gasteiger partial charge on any atom is -0.485 e. The van der Waals surface area contributed by atoms with Gasteiger partial charge in [0, 0.05) is 6.92 Å². The van der Waals surface area contributed by atoms with Gasteiger partial charge in [0.15, 0.2) is 6.61 Å². The van der Waals surface area contributed by atoms with E-state index in [4.69, 9.17) is 11.3 Å². The van der Waals surface area contributed by atoms with Crippen molar-refractivity contribution < 1.29 is 9.13 Å². The van der Waals surface area contributed by atoms with Crippen LogP contribution in [-0.4, -0.2) is 12.6 Å². The molecule has 0 aliphatic carbocycles. The van der Waals surface area contributed by atoms with Gasteiger partial charge in [-0.25, -0.2) is 11.0 Å². The molecule has 13 heavy (non-hydrogen) atoms. The predicted molar refractivity (Wildman–Crippen MR) is 48.0 cm³/mol. The first-order chi connectivity index (χ1) is 6.22. The van der Waals surface area contributed by atoms with Crippen LogP contribution >= 0.6 is 0 Å². The lowest BCUT2D eigenvalue weighted by molar-refractivity contribution is 0.309. The quantitative estimate of drug-likeness (QED) is 0.650. The average Bonchev–Trinajstić information content (AvgIpc) is 2.16. The molecule has 0 aliphatic heterocycles. The van der Waals surface area contributed by atoms with Crippen LogP contribution in [0.1, 0.15) is 6.92 Å². The van der Waals surface area contributed by atoms with Gasteiger partial charge in [-0.05, 0) is 24.3 Å². The summed E-state index contributed by atoms with van der Waals surface area (Å²) >= 11 is 0. The lowest BCUT2D eigenvalue weighted by Crippen LogP contribution is -2.09. The van der Waals surface area contributed by atoms with E-state index in [9.17, 15) is 4.39 Å². The highest BCUT2D eigenvalue weighted by molar-refractivity contribution is 5.22. The highest BCUT2D eigenvalue weighted by Gasteiger charge is 2.04.